The first-order valence-corrected chi connectivity index (χ1v) is 7.05. The van der Waals surface area contributed by atoms with Gasteiger partial charge in [-0.1, -0.05) is 0 Å². The lowest BCUT2D eigenvalue weighted by Gasteiger charge is -2.39. The molecule has 5 nitrogen and oxygen atoms in total. The lowest BCUT2D eigenvalue weighted by Crippen LogP contribution is -2.52. The molecule has 2 rings (SSSR count). The molecular weight excluding hydrogens is 230 g/mol. The molecule has 106 valence electrons. The maximum Gasteiger partial charge on any atom is 0.215 e. The zero-order valence-electron chi connectivity index (χ0n) is 11.7. The van der Waals surface area contributed by atoms with E-state index in [9.17, 15) is 5.11 Å². The van der Waals surface area contributed by atoms with Gasteiger partial charge in [-0.2, -0.15) is 0 Å². The van der Waals surface area contributed by atoms with Crippen molar-refractivity contribution in [3.8, 4) is 0 Å². The van der Waals surface area contributed by atoms with Gasteiger partial charge < -0.3 is 19.6 Å². The molecule has 0 aromatic carbocycles. The predicted molar refractivity (Wildman–Crippen MR) is 71.2 cm³/mol. The predicted octanol–water partition coefficient (Wildman–Crippen LogP) is -0.132. The SMILES string of the molecule is COC(O)N1CCN(CC2CCN(C)CC2)CC1. The van der Waals surface area contributed by atoms with E-state index >= 15 is 0 Å². The van der Waals surface area contributed by atoms with Gasteiger partial charge in [-0.15, -0.1) is 0 Å². The van der Waals surface area contributed by atoms with E-state index in [2.05, 4.69) is 16.8 Å². The number of hydrogen-bond donors (Lipinski definition) is 1. The normalized spacial score (nSPS) is 27.5. The fourth-order valence-corrected chi connectivity index (χ4v) is 2.93. The minimum atomic E-state index is -0.726. The number of piperidine rings is 1. The van der Waals surface area contributed by atoms with Gasteiger partial charge in [-0.05, 0) is 38.9 Å². The summed E-state index contributed by atoms with van der Waals surface area (Å²) in [6, 6.07) is 0. The highest BCUT2D eigenvalue weighted by Crippen LogP contribution is 2.18. The van der Waals surface area contributed by atoms with Crippen molar-refractivity contribution in [2.75, 3.05) is 60.0 Å². The number of hydrogen-bond acceptors (Lipinski definition) is 5. The number of rotatable bonds is 4. The van der Waals surface area contributed by atoms with E-state index in [-0.39, 0.29) is 0 Å². The Kier molecular flexibility index (Phi) is 5.38. The first-order chi connectivity index (χ1) is 8.69. The van der Waals surface area contributed by atoms with Crippen LogP contribution in [0.3, 0.4) is 0 Å². The molecule has 0 amide bonds. The highest BCUT2D eigenvalue weighted by molar-refractivity contribution is 4.77. The lowest BCUT2D eigenvalue weighted by molar-refractivity contribution is -0.185. The second-order valence-corrected chi connectivity index (χ2v) is 5.65. The fraction of sp³-hybridized carbons (Fsp3) is 1.00. The highest BCUT2D eigenvalue weighted by atomic mass is 16.6. The van der Waals surface area contributed by atoms with E-state index < -0.39 is 6.41 Å². The van der Waals surface area contributed by atoms with E-state index in [0.29, 0.717) is 0 Å². The van der Waals surface area contributed by atoms with Gasteiger partial charge in [0.2, 0.25) is 6.41 Å². The Bertz CT molecular complexity index is 236. The number of ether oxygens (including phenoxy) is 1. The van der Waals surface area contributed by atoms with Crippen molar-refractivity contribution < 1.29 is 9.84 Å². The van der Waals surface area contributed by atoms with Crippen molar-refractivity contribution in [2.45, 2.75) is 19.3 Å². The minimum Gasteiger partial charge on any atom is -0.356 e. The molecule has 0 bridgehead atoms. The van der Waals surface area contributed by atoms with Crippen molar-refractivity contribution in [3.63, 3.8) is 0 Å². The Balaban J connectivity index is 1.67. The number of aliphatic hydroxyl groups is 1. The summed E-state index contributed by atoms with van der Waals surface area (Å²) in [7, 11) is 3.76. The molecule has 1 N–H and O–H groups in total. The van der Waals surface area contributed by atoms with E-state index in [4.69, 9.17) is 4.74 Å². The number of piperazine rings is 1. The summed E-state index contributed by atoms with van der Waals surface area (Å²) < 4.78 is 4.94. The van der Waals surface area contributed by atoms with Gasteiger partial charge in [0, 0.05) is 39.8 Å². The molecule has 0 spiro atoms. The summed E-state index contributed by atoms with van der Waals surface area (Å²) in [5.41, 5.74) is 0. The second-order valence-electron chi connectivity index (χ2n) is 5.65. The van der Waals surface area contributed by atoms with Gasteiger partial charge in [0.25, 0.3) is 0 Å². The summed E-state index contributed by atoms with van der Waals surface area (Å²) in [6.07, 6.45) is 1.94. The van der Waals surface area contributed by atoms with Gasteiger partial charge in [0.05, 0.1) is 0 Å². The molecule has 2 saturated heterocycles. The molecule has 0 saturated carbocycles. The highest BCUT2D eigenvalue weighted by Gasteiger charge is 2.25. The Hall–Kier alpha value is -0.200. The molecule has 1 unspecified atom stereocenters. The minimum absolute atomic E-state index is 0.726. The summed E-state index contributed by atoms with van der Waals surface area (Å²) in [4.78, 5) is 6.95. The van der Waals surface area contributed by atoms with Gasteiger partial charge in [0.15, 0.2) is 0 Å². The van der Waals surface area contributed by atoms with Crippen LogP contribution < -0.4 is 0 Å². The zero-order valence-corrected chi connectivity index (χ0v) is 11.7. The molecule has 18 heavy (non-hydrogen) atoms. The van der Waals surface area contributed by atoms with Crippen LogP contribution in [0.5, 0.6) is 0 Å². The lowest BCUT2D eigenvalue weighted by atomic mass is 9.96. The third kappa shape index (κ3) is 3.90. The molecule has 2 aliphatic rings. The van der Waals surface area contributed by atoms with Crippen LogP contribution in [0, 0.1) is 5.92 Å². The van der Waals surface area contributed by atoms with Gasteiger partial charge in [-0.3, -0.25) is 4.90 Å². The van der Waals surface area contributed by atoms with Crippen LogP contribution in [0.15, 0.2) is 0 Å². The maximum absolute atomic E-state index is 9.60. The van der Waals surface area contributed by atoms with Crippen LogP contribution in [0.2, 0.25) is 0 Å². The molecule has 2 fully saturated rings. The third-order valence-electron chi connectivity index (χ3n) is 4.28. The number of methoxy groups -OCH3 is 1. The number of likely N-dealkylation sites (tertiary alicyclic amines) is 1. The Morgan fingerprint density at radius 2 is 1.72 bits per heavy atom. The van der Waals surface area contributed by atoms with Gasteiger partial charge in [-0.25, -0.2) is 0 Å². The van der Waals surface area contributed by atoms with Crippen LogP contribution in [-0.2, 0) is 4.74 Å². The second kappa shape index (κ2) is 6.82. The first kappa shape index (κ1) is 14.2. The molecule has 0 aromatic rings. The molecule has 2 aliphatic heterocycles. The standard InChI is InChI=1S/C13H27N3O2/c1-14-5-3-12(4-6-14)11-15-7-9-16(10-8-15)13(17)18-2/h12-13,17H,3-11H2,1-2H3. The molecule has 5 heteroatoms. The van der Waals surface area contributed by atoms with Crippen molar-refractivity contribution in [2.24, 2.45) is 5.92 Å². The van der Waals surface area contributed by atoms with E-state index in [0.717, 1.165) is 32.1 Å². The van der Waals surface area contributed by atoms with E-state index in [1.807, 2.05) is 4.90 Å². The summed E-state index contributed by atoms with van der Waals surface area (Å²) in [6.45, 7) is 7.62. The van der Waals surface area contributed by atoms with Crippen molar-refractivity contribution in [1.82, 2.24) is 14.7 Å². The quantitative estimate of drug-likeness (QED) is 0.710. The van der Waals surface area contributed by atoms with Crippen LogP contribution in [0.1, 0.15) is 12.8 Å². The number of aliphatic hydroxyl groups excluding tert-OH is 1. The largest absolute Gasteiger partial charge is 0.356 e. The third-order valence-corrected chi connectivity index (χ3v) is 4.28. The summed E-state index contributed by atoms with van der Waals surface area (Å²) in [5, 5.41) is 9.60. The van der Waals surface area contributed by atoms with Crippen LogP contribution in [0.25, 0.3) is 0 Å². The average molecular weight is 257 g/mol. The average Bonchev–Trinajstić information content (AvgIpc) is 2.41. The topological polar surface area (TPSA) is 39.2 Å². The van der Waals surface area contributed by atoms with E-state index in [1.165, 1.54) is 32.5 Å². The van der Waals surface area contributed by atoms with Crippen molar-refractivity contribution in [3.05, 3.63) is 0 Å². The first-order valence-electron chi connectivity index (χ1n) is 7.05. The molecule has 2 heterocycles. The monoisotopic (exact) mass is 257 g/mol. The maximum atomic E-state index is 9.60. The molecule has 0 radical (unpaired) electrons. The zero-order chi connectivity index (χ0) is 13.0. The van der Waals surface area contributed by atoms with Gasteiger partial charge >= 0.3 is 0 Å². The van der Waals surface area contributed by atoms with Crippen LogP contribution in [0.4, 0.5) is 0 Å². The van der Waals surface area contributed by atoms with Crippen molar-refractivity contribution >= 4 is 0 Å². The Labute approximate surface area is 110 Å². The fourth-order valence-electron chi connectivity index (χ4n) is 2.93. The van der Waals surface area contributed by atoms with Gasteiger partial charge in [0.1, 0.15) is 0 Å². The number of nitrogens with zero attached hydrogens (tertiary/aromatic N) is 3. The molecule has 0 aliphatic carbocycles. The van der Waals surface area contributed by atoms with Crippen LogP contribution >= 0.6 is 0 Å². The van der Waals surface area contributed by atoms with E-state index in [1.54, 1.807) is 7.11 Å². The van der Waals surface area contributed by atoms with Crippen molar-refractivity contribution in [1.29, 1.82) is 0 Å². The smallest absolute Gasteiger partial charge is 0.215 e. The Morgan fingerprint density at radius 1 is 1.11 bits per heavy atom. The molecule has 1 atom stereocenters. The van der Waals surface area contributed by atoms with Crippen LogP contribution in [-0.4, -0.2) is 86.2 Å². The molecule has 0 aromatic heterocycles. The Morgan fingerprint density at radius 3 is 2.28 bits per heavy atom. The summed E-state index contributed by atoms with van der Waals surface area (Å²) in [5.74, 6) is 0.861. The molecular formula is C13H27N3O2. The summed E-state index contributed by atoms with van der Waals surface area (Å²) >= 11 is 0.